The van der Waals surface area contributed by atoms with Crippen molar-refractivity contribution in [2.24, 2.45) is 0 Å². The molecule has 0 unspecified atom stereocenters. The molecule has 4 heterocycles. The molecule has 0 aliphatic heterocycles. The Morgan fingerprint density at radius 3 is 1.18 bits per heavy atom. The van der Waals surface area contributed by atoms with Crippen molar-refractivity contribution in [1.29, 1.82) is 0 Å². The summed E-state index contributed by atoms with van der Waals surface area (Å²) in [4.78, 5) is 10.2. The van der Waals surface area contributed by atoms with Gasteiger partial charge in [0.2, 0.25) is 0 Å². The van der Waals surface area contributed by atoms with Crippen LogP contribution in [0.4, 0.5) is 0 Å². The van der Waals surface area contributed by atoms with E-state index in [9.17, 15) is 0 Å². The number of imidazole rings is 2. The highest BCUT2D eigenvalue weighted by atomic mass is 15.2. The zero-order chi connectivity index (χ0) is 33.3. The van der Waals surface area contributed by atoms with Crippen molar-refractivity contribution >= 4 is 43.6 Å². The van der Waals surface area contributed by atoms with Gasteiger partial charge in [-0.2, -0.15) is 0 Å². The second-order valence-electron chi connectivity index (χ2n) is 12.9. The van der Waals surface area contributed by atoms with Gasteiger partial charge in [-0.25, -0.2) is 9.97 Å². The van der Waals surface area contributed by atoms with Gasteiger partial charge >= 0.3 is 0 Å². The maximum Gasteiger partial charge on any atom is 0.181 e. The standard InChI is InChI=1S/C44H32N6/c1-29-27-47(33-21-23-41-37(25-33)35-17-9-11-19-39(35)49(41)31-13-5-3-6-14-31)43(45-29)44-46-30(2)28-48(44)34-22-24-42-38(26-34)36-18-10-12-20-40(36)50(42)32-15-7-4-8-16-32/h3-28H,1-2H3. The van der Waals surface area contributed by atoms with Crippen LogP contribution in [0.25, 0.3) is 78.0 Å². The van der Waals surface area contributed by atoms with E-state index in [2.05, 4.69) is 176 Å². The summed E-state index contributed by atoms with van der Waals surface area (Å²) in [7, 11) is 0. The number of hydrogen-bond donors (Lipinski definition) is 0. The Morgan fingerprint density at radius 2 is 0.740 bits per heavy atom. The molecule has 0 bridgehead atoms. The third-order valence-electron chi connectivity index (χ3n) is 9.75. The molecule has 0 fully saturated rings. The number of benzene rings is 6. The van der Waals surface area contributed by atoms with Gasteiger partial charge in [-0.3, -0.25) is 9.13 Å². The van der Waals surface area contributed by atoms with Crippen LogP contribution >= 0.6 is 0 Å². The Hall–Kier alpha value is -6.66. The highest BCUT2D eigenvalue weighted by Gasteiger charge is 2.21. The van der Waals surface area contributed by atoms with E-state index < -0.39 is 0 Å². The summed E-state index contributed by atoms with van der Waals surface area (Å²) >= 11 is 0. The summed E-state index contributed by atoms with van der Waals surface area (Å²) < 4.78 is 9.05. The Morgan fingerprint density at radius 1 is 0.360 bits per heavy atom. The first kappa shape index (κ1) is 28.4. The number of nitrogens with zero attached hydrogens (tertiary/aromatic N) is 6. The van der Waals surface area contributed by atoms with Gasteiger partial charge in [0.15, 0.2) is 11.6 Å². The molecule has 6 heteroatoms. The number of para-hydroxylation sites is 4. The van der Waals surface area contributed by atoms with Crippen LogP contribution in [0.15, 0.2) is 158 Å². The van der Waals surface area contributed by atoms with Gasteiger partial charge in [-0.15, -0.1) is 0 Å². The maximum absolute atomic E-state index is 5.08. The summed E-state index contributed by atoms with van der Waals surface area (Å²) in [6, 6.07) is 51.8. The minimum Gasteiger partial charge on any atom is -0.309 e. The van der Waals surface area contributed by atoms with Gasteiger partial charge < -0.3 is 9.13 Å². The Kier molecular flexibility index (Phi) is 6.20. The fourth-order valence-corrected chi connectivity index (χ4v) is 7.64. The lowest BCUT2D eigenvalue weighted by Crippen LogP contribution is -2.03. The normalized spacial score (nSPS) is 11.8. The van der Waals surface area contributed by atoms with Crippen LogP contribution in [0.3, 0.4) is 0 Å². The Labute approximate surface area is 288 Å². The second-order valence-corrected chi connectivity index (χ2v) is 12.9. The molecular formula is C44H32N6. The summed E-state index contributed by atoms with van der Waals surface area (Å²) in [6.45, 7) is 4.09. The smallest absolute Gasteiger partial charge is 0.181 e. The third-order valence-corrected chi connectivity index (χ3v) is 9.75. The highest BCUT2D eigenvalue weighted by Crippen LogP contribution is 2.36. The van der Waals surface area contributed by atoms with Crippen molar-refractivity contribution < 1.29 is 0 Å². The first-order valence-electron chi connectivity index (χ1n) is 16.9. The van der Waals surface area contributed by atoms with Gasteiger partial charge in [0.1, 0.15) is 0 Å². The van der Waals surface area contributed by atoms with E-state index in [0.717, 1.165) is 45.8 Å². The Bertz CT molecular complexity index is 2680. The van der Waals surface area contributed by atoms with Crippen LogP contribution in [-0.2, 0) is 0 Å². The van der Waals surface area contributed by atoms with Crippen LogP contribution in [0.1, 0.15) is 11.4 Å². The summed E-state index contributed by atoms with van der Waals surface area (Å²) in [5.41, 5.74) is 10.9. The fourth-order valence-electron chi connectivity index (χ4n) is 7.64. The molecule has 10 aromatic rings. The van der Waals surface area contributed by atoms with Gasteiger partial charge in [-0.1, -0.05) is 72.8 Å². The fraction of sp³-hybridized carbons (Fsp3) is 0.0455. The van der Waals surface area contributed by atoms with E-state index in [1.54, 1.807) is 0 Å². The van der Waals surface area contributed by atoms with Gasteiger partial charge in [0.05, 0.1) is 33.5 Å². The maximum atomic E-state index is 5.08. The molecule has 0 radical (unpaired) electrons. The second kappa shape index (κ2) is 10.9. The lowest BCUT2D eigenvalue weighted by atomic mass is 10.1. The summed E-state index contributed by atoms with van der Waals surface area (Å²) in [6.07, 6.45) is 4.22. The number of aryl methyl sites for hydroxylation is 2. The molecule has 0 N–H and O–H groups in total. The third kappa shape index (κ3) is 4.28. The minimum atomic E-state index is 0.800. The van der Waals surface area contributed by atoms with Crippen LogP contribution in [0, 0.1) is 13.8 Å². The lowest BCUT2D eigenvalue weighted by Gasteiger charge is -2.12. The topological polar surface area (TPSA) is 45.5 Å². The van der Waals surface area contributed by atoms with Crippen molar-refractivity contribution in [3.8, 4) is 34.4 Å². The zero-order valence-corrected chi connectivity index (χ0v) is 27.7. The first-order valence-corrected chi connectivity index (χ1v) is 16.9. The molecular weight excluding hydrogens is 613 g/mol. The molecule has 0 saturated carbocycles. The molecule has 0 atom stereocenters. The van der Waals surface area contributed by atoms with Crippen molar-refractivity contribution in [1.82, 2.24) is 28.2 Å². The molecule has 0 saturated heterocycles. The van der Waals surface area contributed by atoms with E-state index in [-0.39, 0.29) is 0 Å². The van der Waals surface area contributed by atoms with Gasteiger partial charge in [0, 0.05) is 56.7 Å². The molecule has 0 aliphatic rings. The predicted molar refractivity (Wildman–Crippen MR) is 204 cm³/mol. The Balaban J connectivity index is 1.14. The van der Waals surface area contributed by atoms with Gasteiger partial charge in [0.25, 0.3) is 0 Å². The number of fused-ring (bicyclic) bond motifs is 6. The average molecular weight is 645 g/mol. The van der Waals surface area contributed by atoms with Crippen LogP contribution < -0.4 is 0 Å². The van der Waals surface area contributed by atoms with Crippen LogP contribution in [-0.4, -0.2) is 28.2 Å². The average Bonchev–Trinajstić information content (AvgIpc) is 3.92. The molecule has 50 heavy (non-hydrogen) atoms. The zero-order valence-electron chi connectivity index (χ0n) is 27.7. The van der Waals surface area contributed by atoms with Crippen molar-refractivity contribution in [2.75, 3.05) is 0 Å². The minimum absolute atomic E-state index is 0.800. The van der Waals surface area contributed by atoms with Crippen molar-refractivity contribution in [3.05, 3.63) is 169 Å². The number of aromatic nitrogens is 6. The molecule has 0 spiro atoms. The summed E-state index contributed by atoms with van der Waals surface area (Å²) in [5, 5.41) is 4.82. The lowest BCUT2D eigenvalue weighted by molar-refractivity contribution is 0.989. The number of hydrogen-bond acceptors (Lipinski definition) is 2. The molecule has 238 valence electrons. The van der Waals surface area contributed by atoms with Crippen molar-refractivity contribution in [2.45, 2.75) is 13.8 Å². The molecule has 4 aromatic heterocycles. The molecule has 6 nitrogen and oxygen atoms in total. The van der Waals surface area contributed by atoms with Crippen LogP contribution in [0.2, 0.25) is 0 Å². The first-order chi connectivity index (χ1) is 24.6. The largest absolute Gasteiger partial charge is 0.309 e. The number of rotatable bonds is 5. The van der Waals surface area contributed by atoms with E-state index in [1.165, 1.54) is 43.6 Å². The molecule has 10 rings (SSSR count). The van der Waals surface area contributed by atoms with E-state index in [4.69, 9.17) is 9.97 Å². The van der Waals surface area contributed by atoms with E-state index in [1.807, 2.05) is 13.8 Å². The predicted octanol–water partition coefficient (Wildman–Crippen LogP) is 10.5. The highest BCUT2D eigenvalue weighted by molar-refractivity contribution is 6.11. The SMILES string of the molecule is Cc1cn(-c2ccc3c(c2)c2ccccc2n3-c2ccccc2)c(-c2nc(C)cn2-c2ccc3c(c2)c2ccccc2n3-c2ccccc2)n1. The van der Waals surface area contributed by atoms with E-state index >= 15 is 0 Å². The summed E-state index contributed by atoms with van der Waals surface area (Å²) in [5.74, 6) is 1.60. The quantitative estimate of drug-likeness (QED) is 0.187. The van der Waals surface area contributed by atoms with Gasteiger partial charge in [-0.05, 0) is 86.6 Å². The molecule has 0 aliphatic carbocycles. The van der Waals surface area contributed by atoms with Crippen molar-refractivity contribution in [3.63, 3.8) is 0 Å². The van der Waals surface area contributed by atoms with Crippen LogP contribution in [0.5, 0.6) is 0 Å². The molecule has 6 aromatic carbocycles. The molecule has 0 amide bonds. The van der Waals surface area contributed by atoms with E-state index in [0.29, 0.717) is 0 Å². The monoisotopic (exact) mass is 644 g/mol.